The molecule has 2 rings (SSSR count). The number of nitrogens with one attached hydrogen (secondary N) is 1. The molecule has 6 nitrogen and oxygen atoms in total. The lowest BCUT2D eigenvalue weighted by molar-refractivity contribution is 0.415. The summed E-state index contributed by atoms with van der Waals surface area (Å²) < 4.78 is 28.1. The van der Waals surface area contributed by atoms with Crippen molar-refractivity contribution in [1.82, 2.24) is 19.4 Å². The van der Waals surface area contributed by atoms with E-state index < -0.39 is 10.0 Å². The van der Waals surface area contributed by atoms with Crippen LogP contribution in [0.25, 0.3) is 0 Å². The van der Waals surface area contributed by atoms with E-state index in [0.717, 1.165) is 12.3 Å². The highest BCUT2D eigenvalue weighted by molar-refractivity contribution is 7.98. The summed E-state index contributed by atoms with van der Waals surface area (Å²) in [5.74, 6) is 0.773. The van der Waals surface area contributed by atoms with Crippen molar-refractivity contribution < 1.29 is 8.42 Å². The van der Waals surface area contributed by atoms with Gasteiger partial charge in [0, 0.05) is 37.6 Å². The zero-order chi connectivity index (χ0) is 15.5. The van der Waals surface area contributed by atoms with Crippen LogP contribution in [0, 0.1) is 0 Å². The lowest BCUT2D eigenvalue weighted by atomic mass is 10.4. The molecule has 1 saturated carbocycles. The number of hydrogen-bond donors (Lipinski definition) is 1. The van der Waals surface area contributed by atoms with Crippen molar-refractivity contribution in [3.63, 3.8) is 0 Å². The Kier molecular flexibility index (Phi) is 5.70. The van der Waals surface area contributed by atoms with E-state index in [9.17, 15) is 8.42 Å². The molecule has 120 valence electrons. The molecule has 0 amide bonds. The van der Waals surface area contributed by atoms with Gasteiger partial charge in [-0.3, -0.25) is 4.68 Å². The van der Waals surface area contributed by atoms with Crippen molar-refractivity contribution in [3.05, 3.63) is 12.4 Å². The van der Waals surface area contributed by atoms with Gasteiger partial charge in [0.2, 0.25) is 10.0 Å². The fourth-order valence-electron chi connectivity index (χ4n) is 2.02. The van der Waals surface area contributed by atoms with Crippen LogP contribution >= 0.6 is 11.8 Å². The molecule has 8 heteroatoms. The summed E-state index contributed by atoms with van der Waals surface area (Å²) in [6.45, 7) is 3.43. The summed E-state index contributed by atoms with van der Waals surface area (Å²) in [5.41, 5.74) is 0. The molecule has 0 radical (unpaired) electrons. The van der Waals surface area contributed by atoms with Crippen molar-refractivity contribution in [2.75, 3.05) is 25.6 Å². The van der Waals surface area contributed by atoms with Gasteiger partial charge in [0.25, 0.3) is 0 Å². The molecule has 1 atom stereocenters. The molecule has 21 heavy (non-hydrogen) atoms. The van der Waals surface area contributed by atoms with Crippen LogP contribution in [0.3, 0.4) is 0 Å². The van der Waals surface area contributed by atoms with E-state index in [4.69, 9.17) is 0 Å². The SMILES string of the molecule is CSCC(C)N(C)S(=O)(=O)c1cnn(CCNC2CC2)c1. The molecule has 0 saturated heterocycles. The van der Waals surface area contributed by atoms with Gasteiger partial charge in [0.1, 0.15) is 4.90 Å². The van der Waals surface area contributed by atoms with Crippen LogP contribution in [0.15, 0.2) is 17.3 Å². The van der Waals surface area contributed by atoms with Crippen molar-refractivity contribution in [2.24, 2.45) is 0 Å². The predicted molar refractivity (Wildman–Crippen MR) is 86.0 cm³/mol. The summed E-state index contributed by atoms with van der Waals surface area (Å²) in [6.07, 6.45) is 7.52. The molecule has 0 aliphatic heterocycles. The molecule has 1 heterocycles. The molecule has 1 aliphatic carbocycles. The number of nitrogens with zero attached hydrogens (tertiary/aromatic N) is 3. The molecular formula is C13H24N4O2S2. The summed E-state index contributed by atoms with van der Waals surface area (Å²) in [6, 6.07) is 0.618. The third kappa shape index (κ3) is 4.45. The van der Waals surface area contributed by atoms with Crippen LogP contribution in [0.5, 0.6) is 0 Å². The second-order valence-corrected chi connectivity index (χ2v) is 8.40. The first-order chi connectivity index (χ1) is 9.95. The fourth-order valence-corrected chi connectivity index (χ4v) is 4.14. The Morgan fingerprint density at radius 2 is 2.29 bits per heavy atom. The number of sulfonamides is 1. The first-order valence-corrected chi connectivity index (χ1v) is 10.0. The second-order valence-electron chi connectivity index (χ2n) is 5.49. The maximum Gasteiger partial charge on any atom is 0.246 e. The molecule has 1 fully saturated rings. The standard InChI is InChI=1S/C13H24N4O2S2/c1-11(10-20-3)16(2)21(18,19)13-8-15-17(9-13)7-6-14-12-4-5-12/h8-9,11-12,14H,4-7,10H2,1-3H3. The van der Waals surface area contributed by atoms with Gasteiger partial charge < -0.3 is 5.32 Å². The Morgan fingerprint density at radius 1 is 1.57 bits per heavy atom. The number of thioether (sulfide) groups is 1. The Balaban J connectivity index is 1.97. The van der Waals surface area contributed by atoms with Crippen LogP contribution < -0.4 is 5.32 Å². The first kappa shape index (κ1) is 16.8. The van der Waals surface area contributed by atoms with Gasteiger partial charge in [0.05, 0.1) is 12.7 Å². The summed E-state index contributed by atoms with van der Waals surface area (Å²) in [4.78, 5) is 0.268. The number of rotatable bonds is 9. The largest absolute Gasteiger partial charge is 0.312 e. The van der Waals surface area contributed by atoms with Crippen molar-refractivity contribution >= 4 is 21.8 Å². The Labute approximate surface area is 131 Å². The van der Waals surface area contributed by atoms with E-state index in [0.29, 0.717) is 12.6 Å². The molecule has 0 spiro atoms. The van der Waals surface area contributed by atoms with E-state index in [2.05, 4.69) is 10.4 Å². The van der Waals surface area contributed by atoms with Gasteiger partial charge in [-0.15, -0.1) is 0 Å². The smallest absolute Gasteiger partial charge is 0.246 e. The molecule has 1 aromatic rings. The molecule has 1 N–H and O–H groups in total. The minimum Gasteiger partial charge on any atom is -0.312 e. The zero-order valence-corrected chi connectivity index (χ0v) is 14.5. The van der Waals surface area contributed by atoms with Gasteiger partial charge in [-0.2, -0.15) is 21.2 Å². The molecule has 1 aromatic heterocycles. The third-order valence-corrected chi connectivity index (χ3v) is 6.41. The fraction of sp³-hybridized carbons (Fsp3) is 0.769. The van der Waals surface area contributed by atoms with Gasteiger partial charge in [0.15, 0.2) is 0 Å². The highest BCUT2D eigenvalue weighted by atomic mass is 32.2. The van der Waals surface area contributed by atoms with Crippen molar-refractivity contribution in [1.29, 1.82) is 0 Å². The van der Waals surface area contributed by atoms with E-state index in [1.165, 1.54) is 23.3 Å². The molecule has 1 aliphatic rings. The van der Waals surface area contributed by atoms with Crippen LogP contribution in [0.2, 0.25) is 0 Å². The van der Waals surface area contributed by atoms with Gasteiger partial charge in [-0.1, -0.05) is 0 Å². The normalized spacial score (nSPS) is 17.3. The average molecular weight is 332 g/mol. The Morgan fingerprint density at radius 3 is 2.90 bits per heavy atom. The maximum absolute atomic E-state index is 12.5. The van der Waals surface area contributed by atoms with Gasteiger partial charge in [-0.05, 0) is 26.0 Å². The first-order valence-electron chi connectivity index (χ1n) is 7.18. The van der Waals surface area contributed by atoms with E-state index >= 15 is 0 Å². The van der Waals surface area contributed by atoms with E-state index in [-0.39, 0.29) is 10.9 Å². The molecule has 0 aromatic carbocycles. The van der Waals surface area contributed by atoms with Crippen molar-refractivity contribution in [2.45, 2.75) is 43.3 Å². The Hall–Kier alpha value is -0.570. The minimum absolute atomic E-state index is 0.0371. The topological polar surface area (TPSA) is 67.2 Å². The maximum atomic E-state index is 12.5. The summed E-state index contributed by atoms with van der Waals surface area (Å²) >= 11 is 1.64. The Bertz CT molecular complexity index is 554. The van der Waals surface area contributed by atoms with Gasteiger partial charge in [-0.25, -0.2) is 8.42 Å². The molecule has 0 bridgehead atoms. The molecular weight excluding hydrogens is 308 g/mol. The van der Waals surface area contributed by atoms with Gasteiger partial charge >= 0.3 is 0 Å². The van der Waals surface area contributed by atoms with Crippen LogP contribution in [-0.2, 0) is 16.6 Å². The highest BCUT2D eigenvalue weighted by Gasteiger charge is 2.26. The quantitative estimate of drug-likeness (QED) is 0.731. The molecule has 1 unspecified atom stereocenters. The second kappa shape index (κ2) is 7.13. The highest BCUT2D eigenvalue weighted by Crippen LogP contribution is 2.19. The zero-order valence-electron chi connectivity index (χ0n) is 12.8. The third-order valence-electron chi connectivity index (χ3n) is 3.67. The predicted octanol–water partition coefficient (Wildman–Crippen LogP) is 1.01. The lowest BCUT2D eigenvalue weighted by Crippen LogP contribution is -2.36. The van der Waals surface area contributed by atoms with Crippen LogP contribution in [-0.4, -0.2) is 60.2 Å². The number of aromatic nitrogens is 2. The summed E-state index contributed by atoms with van der Waals surface area (Å²) in [5, 5.41) is 7.54. The van der Waals surface area contributed by atoms with E-state index in [1.54, 1.807) is 29.7 Å². The number of hydrogen-bond acceptors (Lipinski definition) is 5. The monoisotopic (exact) mass is 332 g/mol. The van der Waals surface area contributed by atoms with Crippen molar-refractivity contribution in [3.8, 4) is 0 Å². The summed E-state index contributed by atoms with van der Waals surface area (Å²) in [7, 11) is -1.83. The lowest BCUT2D eigenvalue weighted by Gasteiger charge is -2.22. The average Bonchev–Trinajstić information content (AvgIpc) is 3.13. The minimum atomic E-state index is -3.45. The van der Waals surface area contributed by atoms with Crippen LogP contribution in [0.1, 0.15) is 19.8 Å². The van der Waals surface area contributed by atoms with E-state index in [1.807, 2.05) is 13.2 Å². The van der Waals surface area contributed by atoms with Crippen LogP contribution in [0.4, 0.5) is 0 Å².